The van der Waals surface area contributed by atoms with Gasteiger partial charge in [0.1, 0.15) is 11.7 Å². The molecule has 0 spiro atoms. The molecule has 22 heavy (non-hydrogen) atoms. The smallest absolute Gasteiger partial charge is 0.407 e. The summed E-state index contributed by atoms with van der Waals surface area (Å²) in [4.78, 5) is 11.7. The van der Waals surface area contributed by atoms with Crippen molar-refractivity contribution in [2.45, 2.75) is 83.9 Å². The van der Waals surface area contributed by atoms with Crippen molar-refractivity contribution < 1.29 is 18.7 Å². The van der Waals surface area contributed by atoms with Gasteiger partial charge in [0.2, 0.25) is 0 Å². The van der Waals surface area contributed by atoms with Crippen molar-refractivity contribution >= 4 is 14.4 Å². The van der Waals surface area contributed by atoms with Crippen molar-refractivity contribution in [3.05, 3.63) is 0 Å². The number of hydrogen-bond acceptors (Lipinski definition) is 4. The van der Waals surface area contributed by atoms with Gasteiger partial charge in [-0.1, -0.05) is 20.8 Å². The molecule has 2 unspecified atom stereocenters. The van der Waals surface area contributed by atoms with Crippen LogP contribution in [0.15, 0.2) is 0 Å². The van der Waals surface area contributed by atoms with Crippen LogP contribution in [0.2, 0.25) is 18.1 Å². The lowest BCUT2D eigenvalue weighted by atomic mass is 10.2. The number of epoxide rings is 1. The van der Waals surface area contributed by atoms with E-state index in [1.165, 1.54) is 0 Å². The Morgan fingerprint density at radius 3 is 2.23 bits per heavy atom. The highest BCUT2D eigenvalue weighted by Gasteiger charge is 2.43. The fraction of sp³-hybridized carbons (Fsp3) is 0.938. The summed E-state index contributed by atoms with van der Waals surface area (Å²) in [6.45, 7) is 18.0. The van der Waals surface area contributed by atoms with Crippen molar-refractivity contribution in [1.29, 1.82) is 0 Å². The summed E-state index contributed by atoms with van der Waals surface area (Å²) in [5.74, 6) is 0. The molecule has 1 fully saturated rings. The second-order valence-electron chi connectivity index (χ2n) is 8.51. The van der Waals surface area contributed by atoms with Crippen LogP contribution in [0.1, 0.15) is 48.0 Å². The highest BCUT2D eigenvalue weighted by Crippen LogP contribution is 2.39. The van der Waals surface area contributed by atoms with E-state index < -0.39 is 13.9 Å². The monoisotopic (exact) mass is 331 g/mol. The molecule has 0 aliphatic carbocycles. The third-order valence-corrected chi connectivity index (χ3v) is 8.63. The molecular formula is C16H33NO4Si. The zero-order valence-electron chi connectivity index (χ0n) is 15.4. The molecule has 1 heterocycles. The number of carbonyl (C=O) groups excluding carboxylic acids is 1. The number of hydrogen-bond donors (Lipinski definition) is 1. The summed E-state index contributed by atoms with van der Waals surface area (Å²) >= 11 is 0. The molecule has 1 aliphatic heterocycles. The predicted molar refractivity (Wildman–Crippen MR) is 90.7 cm³/mol. The van der Waals surface area contributed by atoms with E-state index in [1.807, 2.05) is 20.8 Å². The lowest BCUT2D eigenvalue weighted by molar-refractivity contribution is 0.0515. The van der Waals surface area contributed by atoms with Crippen LogP contribution >= 0.6 is 0 Å². The van der Waals surface area contributed by atoms with Crippen LogP contribution in [-0.2, 0) is 13.9 Å². The lowest BCUT2D eigenvalue weighted by Crippen LogP contribution is -2.46. The summed E-state index contributed by atoms with van der Waals surface area (Å²) in [7, 11) is -1.83. The van der Waals surface area contributed by atoms with Gasteiger partial charge < -0.3 is 19.2 Å². The molecule has 0 bridgehead atoms. The van der Waals surface area contributed by atoms with Crippen LogP contribution in [0.3, 0.4) is 0 Å². The van der Waals surface area contributed by atoms with Crippen molar-refractivity contribution in [1.82, 2.24) is 5.32 Å². The van der Waals surface area contributed by atoms with Gasteiger partial charge in [0.05, 0.1) is 12.7 Å². The van der Waals surface area contributed by atoms with Gasteiger partial charge >= 0.3 is 6.09 Å². The van der Waals surface area contributed by atoms with Gasteiger partial charge in [-0.2, -0.15) is 0 Å². The van der Waals surface area contributed by atoms with Crippen molar-refractivity contribution in [3.63, 3.8) is 0 Å². The molecule has 0 aromatic heterocycles. The van der Waals surface area contributed by atoms with Crippen molar-refractivity contribution in [2.24, 2.45) is 0 Å². The predicted octanol–water partition coefficient (Wildman–Crippen LogP) is 3.69. The first-order valence-corrected chi connectivity index (χ1v) is 11.0. The zero-order valence-corrected chi connectivity index (χ0v) is 16.4. The minimum absolute atomic E-state index is 0.0517. The maximum atomic E-state index is 11.7. The maximum Gasteiger partial charge on any atom is 0.407 e. The van der Waals surface area contributed by atoms with E-state index in [2.05, 4.69) is 39.2 Å². The first kappa shape index (κ1) is 19.5. The van der Waals surface area contributed by atoms with E-state index in [0.717, 1.165) is 13.0 Å². The molecular weight excluding hydrogens is 298 g/mol. The summed E-state index contributed by atoms with van der Waals surface area (Å²) in [6, 6.07) is 0. The van der Waals surface area contributed by atoms with Crippen LogP contribution in [0.25, 0.3) is 0 Å². The Kier molecular flexibility index (Phi) is 6.09. The molecule has 5 nitrogen and oxygen atoms in total. The van der Waals surface area contributed by atoms with Crippen LogP contribution < -0.4 is 5.32 Å². The van der Waals surface area contributed by atoms with E-state index >= 15 is 0 Å². The van der Waals surface area contributed by atoms with Gasteiger partial charge in [0.15, 0.2) is 8.32 Å². The summed E-state index contributed by atoms with van der Waals surface area (Å²) in [5, 5.41) is 2.96. The quantitative estimate of drug-likeness (QED) is 0.595. The van der Waals surface area contributed by atoms with Gasteiger partial charge in [-0.05, 0) is 45.3 Å². The molecule has 130 valence electrons. The van der Waals surface area contributed by atoms with E-state index in [0.29, 0.717) is 6.54 Å². The molecule has 1 rings (SSSR count). The fourth-order valence-corrected chi connectivity index (χ4v) is 3.16. The van der Waals surface area contributed by atoms with Gasteiger partial charge in [-0.3, -0.25) is 0 Å². The Hall–Kier alpha value is -0.593. The number of ether oxygens (including phenoxy) is 2. The van der Waals surface area contributed by atoms with E-state index in [9.17, 15) is 4.79 Å². The highest BCUT2D eigenvalue weighted by atomic mass is 28.4. The second-order valence-corrected chi connectivity index (χ2v) is 13.3. The standard InChI is InChI=1S/C16H33NO4Si/c1-15(2,3)20-14(18)17-10-9-12(13-11-19-13)21-22(7,8)16(4,5)6/h12-13H,9-11H2,1-8H3,(H,17,18). The SMILES string of the molecule is CC(C)(C)OC(=O)NCCC(O[Si](C)(C)C(C)(C)C)C1CO1. The summed E-state index contributed by atoms with van der Waals surface area (Å²) < 4.78 is 17.1. The van der Waals surface area contributed by atoms with Gasteiger partial charge in [-0.25, -0.2) is 4.79 Å². The Morgan fingerprint density at radius 2 is 1.82 bits per heavy atom. The second kappa shape index (κ2) is 6.89. The Balaban J connectivity index is 2.45. The van der Waals surface area contributed by atoms with Crippen molar-refractivity contribution in [2.75, 3.05) is 13.2 Å². The van der Waals surface area contributed by atoms with Gasteiger partial charge in [0, 0.05) is 6.54 Å². The number of carbonyl (C=O) groups is 1. The first-order chi connectivity index (χ1) is 9.82. The maximum absolute atomic E-state index is 11.7. The fourth-order valence-electron chi connectivity index (χ4n) is 1.78. The van der Waals surface area contributed by atoms with E-state index in [-0.39, 0.29) is 23.3 Å². The van der Waals surface area contributed by atoms with Crippen LogP contribution in [0.5, 0.6) is 0 Å². The zero-order chi connectivity index (χ0) is 17.2. The van der Waals surface area contributed by atoms with Crippen molar-refractivity contribution in [3.8, 4) is 0 Å². The Labute approximate surface area is 136 Å². The molecule has 0 saturated carbocycles. The topological polar surface area (TPSA) is 60.1 Å². The normalized spacial score (nSPS) is 20.5. The minimum atomic E-state index is -1.83. The molecule has 1 saturated heterocycles. The van der Waals surface area contributed by atoms with E-state index in [1.54, 1.807) is 0 Å². The van der Waals surface area contributed by atoms with Crippen LogP contribution in [0.4, 0.5) is 4.79 Å². The third kappa shape index (κ3) is 6.67. The number of alkyl carbamates (subject to hydrolysis) is 1. The van der Waals surface area contributed by atoms with Gasteiger partial charge in [-0.15, -0.1) is 0 Å². The first-order valence-electron chi connectivity index (χ1n) is 8.08. The lowest BCUT2D eigenvalue weighted by Gasteiger charge is -2.39. The number of amides is 1. The summed E-state index contributed by atoms with van der Waals surface area (Å²) in [6.07, 6.45) is 0.594. The molecule has 2 atom stereocenters. The molecule has 0 aromatic rings. The van der Waals surface area contributed by atoms with E-state index in [4.69, 9.17) is 13.9 Å². The number of rotatable bonds is 6. The molecule has 1 N–H and O–H groups in total. The largest absolute Gasteiger partial charge is 0.444 e. The molecule has 0 aromatic carbocycles. The average Bonchev–Trinajstić information content (AvgIpc) is 3.06. The molecule has 6 heteroatoms. The molecule has 1 aliphatic rings. The average molecular weight is 332 g/mol. The van der Waals surface area contributed by atoms with Gasteiger partial charge in [0.25, 0.3) is 0 Å². The van der Waals surface area contributed by atoms with Crippen LogP contribution in [0, 0.1) is 0 Å². The molecule has 0 radical (unpaired) electrons. The Morgan fingerprint density at radius 1 is 1.27 bits per heavy atom. The number of nitrogens with one attached hydrogen (secondary N) is 1. The minimum Gasteiger partial charge on any atom is -0.444 e. The summed E-state index contributed by atoms with van der Waals surface area (Å²) in [5.41, 5.74) is -0.472. The highest BCUT2D eigenvalue weighted by molar-refractivity contribution is 6.74. The molecule has 1 amide bonds. The third-order valence-electron chi connectivity index (χ3n) is 4.12. The van der Waals surface area contributed by atoms with Crippen LogP contribution in [-0.4, -0.2) is 45.4 Å². The Bertz CT molecular complexity index is 381.